The van der Waals surface area contributed by atoms with Gasteiger partial charge in [0, 0.05) is 10.9 Å². The first-order valence-electron chi connectivity index (χ1n) is 5.05. The van der Waals surface area contributed by atoms with Crippen LogP contribution in [0.15, 0.2) is 17.5 Å². The summed E-state index contributed by atoms with van der Waals surface area (Å²) in [5, 5.41) is 11.5. The molecule has 0 aliphatic heterocycles. The SMILES string of the molecule is Cc1cc(C)c(-c2nc(C#N)cs2)cc1C. The zero-order valence-corrected chi connectivity index (χ0v) is 10.4. The second-order valence-corrected chi connectivity index (χ2v) is 4.76. The summed E-state index contributed by atoms with van der Waals surface area (Å²) in [7, 11) is 0. The maximum atomic E-state index is 8.76. The maximum Gasteiger partial charge on any atom is 0.152 e. The minimum absolute atomic E-state index is 0.498. The van der Waals surface area contributed by atoms with Gasteiger partial charge in [-0.05, 0) is 43.5 Å². The van der Waals surface area contributed by atoms with Crippen LogP contribution in [0.5, 0.6) is 0 Å². The van der Waals surface area contributed by atoms with Crippen molar-refractivity contribution in [1.29, 1.82) is 5.26 Å². The number of aromatic nitrogens is 1. The van der Waals surface area contributed by atoms with Crippen LogP contribution in [0.1, 0.15) is 22.4 Å². The highest BCUT2D eigenvalue weighted by Gasteiger charge is 2.08. The van der Waals surface area contributed by atoms with Gasteiger partial charge in [0.1, 0.15) is 11.1 Å². The van der Waals surface area contributed by atoms with Crippen molar-refractivity contribution in [3.8, 4) is 16.6 Å². The van der Waals surface area contributed by atoms with E-state index in [0.717, 1.165) is 10.6 Å². The average Bonchev–Trinajstić information content (AvgIpc) is 2.71. The lowest BCUT2D eigenvalue weighted by Crippen LogP contribution is -1.88. The Morgan fingerprint density at radius 2 is 1.81 bits per heavy atom. The molecule has 2 nitrogen and oxygen atoms in total. The van der Waals surface area contributed by atoms with Crippen LogP contribution >= 0.6 is 11.3 Å². The van der Waals surface area contributed by atoms with E-state index < -0.39 is 0 Å². The Kier molecular flexibility index (Phi) is 2.76. The molecule has 0 fully saturated rings. The van der Waals surface area contributed by atoms with Crippen LogP contribution < -0.4 is 0 Å². The van der Waals surface area contributed by atoms with Crippen LogP contribution in [0.2, 0.25) is 0 Å². The van der Waals surface area contributed by atoms with Gasteiger partial charge in [-0.3, -0.25) is 0 Å². The monoisotopic (exact) mass is 228 g/mol. The lowest BCUT2D eigenvalue weighted by molar-refractivity contribution is 1.28. The minimum Gasteiger partial charge on any atom is -0.225 e. The van der Waals surface area contributed by atoms with Crippen LogP contribution in [0.25, 0.3) is 10.6 Å². The van der Waals surface area contributed by atoms with Crippen molar-refractivity contribution in [2.75, 3.05) is 0 Å². The molecule has 3 heteroatoms. The summed E-state index contributed by atoms with van der Waals surface area (Å²) in [6.45, 7) is 6.28. The van der Waals surface area contributed by atoms with Gasteiger partial charge >= 0.3 is 0 Å². The normalized spacial score (nSPS) is 10.1. The Labute approximate surface area is 99.2 Å². The number of aryl methyl sites for hydroxylation is 3. The largest absolute Gasteiger partial charge is 0.225 e. The molecule has 0 amide bonds. The van der Waals surface area contributed by atoms with Gasteiger partial charge < -0.3 is 0 Å². The van der Waals surface area contributed by atoms with Gasteiger partial charge in [-0.2, -0.15) is 5.26 Å². The van der Waals surface area contributed by atoms with E-state index in [4.69, 9.17) is 5.26 Å². The van der Waals surface area contributed by atoms with Crippen molar-refractivity contribution in [3.05, 3.63) is 39.9 Å². The van der Waals surface area contributed by atoms with Crippen molar-refractivity contribution in [2.45, 2.75) is 20.8 Å². The van der Waals surface area contributed by atoms with Crippen LogP contribution in [0.4, 0.5) is 0 Å². The van der Waals surface area contributed by atoms with Crippen molar-refractivity contribution >= 4 is 11.3 Å². The molecule has 0 saturated carbocycles. The second kappa shape index (κ2) is 4.07. The van der Waals surface area contributed by atoms with Gasteiger partial charge in [-0.1, -0.05) is 6.07 Å². The quantitative estimate of drug-likeness (QED) is 0.747. The number of hydrogen-bond acceptors (Lipinski definition) is 3. The van der Waals surface area contributed by atoms with Gasteiger partial charge in [0.2, 0.25) is 0 Å². The van der Waals surface area contributed by atoms with E-state index in [1.165, 1.54) is 28.0 Å². The molecule has 0 aliphatic carbocycles. The third kappa shape index (κ3) is 1.84. The Morgan fingerprint density at radius 3 is 2.44 bits per heavy atom. The van der Waals surface area contributed by atoms with Gasteiger partial charge in [0.15, 0.2) is 5.69 Å². The molecule has 0 radical (unpaired) electrons. The summed E-state index contributed by atoms with van der Waals surface area (Å²) in [5.41, 5.74) is 5.39. The molecule has 2 rings (SSSR count). The van der Waals surface area contributed by atoms with E-state index >= 15 is 0 Å². The lowest BCUT2D eigenvalue weighted by atomic mass is 10.0. The number of hydrogen-bond donors (Lipinski definition) is 0. The fraction of sp³-hybridized carbons (Fsp3) is 0.231. The number of nitrogens with zero attached hydrogens (tertiary/aromatic N) is 2. The Bertz CT molecular complexity index is 576. The molecule has 2 aromatic rings. The van der Waals surface area contributed by atoms with Crippen molar-refractivity contribution in [2.24, 2.45) is 0 Å². The molecule has 0 unspecified atom stereocenters. The van der Waals surface area contributed by atoms with Crippen LogP contribution in [-0.4, -0.2) is 4.98 Å². The zero-order valence-electron chi connectivity index (χ0n) is 9.53. The average molecular weight is 228 g/mol. The number of benzene rings is 1. The zero-order chi connectivity index (χ0) is 11.7. The van der Waals surface area contributed by atoms with Crippen LogP contribution in [0.3, 0.4) is 0 Å². The molecule has 16 heavy (non-hydrogen) atoms. The summed E-state index contributed by atoms with van der Waals surface area (Å²) in [6, 6.07) is 6.37. The Hall–Kier alpha value is -1.66. The summed E-state index contributed by atoms with van der Waals surface area (Å²) in [4.78, 5) is 4.29. The van der Waals surface area contributed by atoms with Crippen molar-refractivity contribution < 1.29 is 0 Å². The summed E-state index contributed by atoms with van der Waals surface area (Å²) < 4.78 is 0. The summed E-state index contributed by atoms with van der Waals surface area (Å²) >= 11 is 1.52. The standard InChI is InChI=1S/C13H12N2S/c1-8-4-10(3)12(5-9(8)2)13-15-11(6-14)7-16-13/h4-5,7H,1-3H3. The smallest absolute Gasteiger partial charge is 0.152 e. The predicted octanol–water partition coefficient (Wildman–Crippen LogP) is 3.61. The fourth-order valence-electron chi connectivity index (χ4n) is 1.64. The van der Waals surface area contributed by atoms with E-state index in [0.29, 0.717) is 5.69 Å². The highest BCUT2D eigenvalue weighted by atomic mass is 32.1. The predicted molar refractivity (Wildman–Crippen MR) is 66.5 cm³/mol. The molecule has 0 bridgehead atoms. The maximum absolute atomic E-state index is 8.76. The molecule has 0 aliphatic rings. The van der Waals surface area contributed by atoms with Gasteiger partial charge in [0.05, 0.1) is 0 Å². The van der Waals surface area contributed by atoms with E-state index in [-0.39, 0.29) is 0 Å². The second-order valence-electron chi connectivity index (χ2n) is 3.90. The van der Waals surface area contributed by atoms with E-state index in [9.17, 15) is 0 Å². The van der Waals surface area contributed by atoms with Crippen LogP contribution in [0, 0.1) is 32.1 Å². The molecule has 0 N–H and O–H groups in total. The Balaban J connectivity index is 2.56. The molecule has 1 heterocycles. The van der Waals surface area contributed by atoms with E-state index in [1.54, 1.807) is 5.38 Å². The van der Waals surface area contributed by atoms with Gasteiger partial charge in [-0.15, -0.1) is 11.3 Å². The van der Waals surface area contributed by atoms with Crippen LogP contribution in [-0.2, 0) is 0 Å². The third-order valence-electron chi connectivity index (χ3n) is 2.69. The van der Waals surface area contributed by atoms with Crippen molar-refractivity contribution in [1.82, 2.24) is 4.98 Å². The molecular weight excluding hydrogens is 216 g/mol. The van der Waals surface area contributed by atoms with E-state index in [1.807, 2.05) is 0 Å². The first-order chi connectivity index (χ1) is 7.61. The molecular formula is C13H12N2S. The fourth-order valence-corrected chi connectivity index (χ4v) is 2.47. The molecule has 80 valence electrons. The number of nitriles is 1. The Morgan fingerprint density at radius 1 is 1.12 bits per heavy atom. The minimum atomic E-state index is 0.498. The highest BCUT2D eigenvalue weighted by molar-refractivity contribution is 7.13. The first-order valence-corrected chi connectivity index (χ1v) is 5.93. The van der Waals surface area contributed by atoms with Crippen molar-refractivity contribution in [3.63, 3.8) is 0 Å². The van der Waals surface area contributed by atoms with Gasteiger partial charge in [-0.25, -0.2) is 4.98 Å². The summed E-state index contributed by atoms with van der Waals surface area (Å²) in [6.07, 6.45) is 0. The molecule has 0 atom stereocenters. The molecule has 0 saturated heterocycles. The molecule has 0 spiro atoms. The summed E-state index contributed by atoms with van der Waals surface area (Å²) in [5.74, 6) is 0. The molecule has 1 aromatic heterocycles. The third-order valence-corrected chi connectivity index (χ3v) is 3.57. The van der Waals surface area contributed by atoms with Gasteiger partial charge in [0.25, 0.3) is 0 Å². The molecule has 1 aromatic carbocycles. The lowest BCUT2D eigenvalue weighted by Gasteiger charge is -2.06. The number of thiazole rings is 1. The van der Waals surface area contributed by atoms with E-state index in [2.05, 4.69) is 44.0 Å². The first kappa shape index (κ1) is 10.8. The highest BCUT2D eigenvalue weighted by Crippen LogP contribution is 2.28. The topological polar surface area (TPSA) is 36.7 Å². The number of rotatable bonds is 1.